The lowest BCUT2D eigenvalue weighted by Crippen LogP contribution is -2.17. The average Bonchev–Trinajstić information content (AvgIpc) is 2.26. The first-order chi connectivity index (χ1) is 7.27. The number of para-hydroxylation sites is 2. The topological polar surface area (TPSA) is 61.3 Å². The molecule has 1 unspecified atom stereocenters. The Morgan fingerprint density at radius 2 is 2.07 bits per heavy atom. The average molecular weight is 208 g/mol. The smallest absolute Gasteiger partial charge is 0.142 e. The van der Waals surface area contributed by atoms with Gasteiger partial charge in [0.2, 0.25) is 0 Å². The van der Waals surface area contributed by atoms with Crippen LogP contribution < -0.4 is 16.2 Å². The Hall–Kier alpha value is -1.22. The first-order valence-electron chi connectivity index (χ1n) is 5.49. The molecular formula is C12H20N2O. The molecule has 84 valence electrons. The molecule has 1 aromatic rings. The van der Waals surface area contributed by atoms with Gasteiger partial charge in [0.15, 0.2) is 0 Å². The van der Waals surface area contributed by atoms with Crippen molar-refractivity contribution in [3.8, 4) is 5.75 Å². The van der Waals surface area contributed by atoms with Crippen LogP contribution in [0.15, 0.2) is 24.3 Å². The first-order valence-corrected chi connectivity index (χ1v) is 5.49. The van der Waals surface area contributed by atoms with Crippen LogP contribution in [0.2, 0.25) is 0 Å². The van der Waals surface area contributed by atoms with Crippen molar-refractivity contribution >= 4 is 5.69 Å². The van der Waals surface area contributed by atoms with Crippen LogP contribution >= 0.6 is 0 Å². The highest BCUT2D eigenvalue weighted by molar-refractivity contribution is 5.51. The molecular weight excluding hydrogens is 188 g/mol. The van der Waals surface area contributed by atoms with Gasteiger partial charge in [0.1, 0.15) is 5.75 Å². The molecule has 3 nitrogen and oxygen atoms in total. The Kier molecular flexibility index (Phi) is 4.98. The van der Waals surface area contributed by atoms with Crippen LogP contribution in [-0.2, 0) is 0 Å². The van der Waals surface area contributed by atoms with E-state index in [0.29, 0.717) is 12.2 Å². The van der Waals surface area contributed by atoms with Crippen molar-refractivity contribution in [2.75, 3.05) is 12.3 Å². The van der Waals surface area contributed by atoms with Crippen molar-refractivity contribution in [1.29, 1.82) is 0 Å². The molecule has 0 aliphatic rings. The molecule has 3 heteroatoms. The number of rotatable bonds is 6. The van der Waals surface area contributed by atoms with Gasteiger partial charge in [0.05, 0.1) is 11.8 Å². The van der Waals surface area contributed by atoms with Crippen LogP contribution in [-0.4, -0.2) is 12.6 Å². The van der Waals surface area contributed by atoms with Crippen molar-refractivity contribution in [1.82, 2.24) is 0 Å². The lowest BCUT2D eigenvalue weighted by Gasteiger charge is -2.18. The fourth-order valence-corrected chi connectivity index (χ4v) is 1.46. The molecule has 15 heavy (non-hydrogen) atoms. The van der Waals surface area contributed by atoms with Gasteiger partial charge in [0, 0.05) is 0 Å². The lowest BCUT2D eigenvalue weighted by atomic mass is 10.1. The molecule has 0 fully saturated rings. The predicted octanol–water partition coefficient (Wildman–Crippen LogP) is 2.17. The second kappa shape index (κ2) is 6.30. The van der Waals surface area contributed by atoms with E-state index in [4.69, 9.17) is 16.2 Å². The summed E-state index contributed by atoms with van der Waals surface area (Å²) in [5, 5.41) is 0. The van der Waals surface area contributed by atoms with Crippen molar-refractivity contribution in [2.24, 2.45) is 5.73 Å². The molecule has 0 saturated carbocycles. The van der Waals surface area contributed by atoms with Crippen LogP contribution in [0, 0.1) is 0 Å². The third-order valence-electron chi connectivity index (χ3n) is 2.40. The van der Waals surface area contributed by atoms with Gasteiger partial charge in [-0.2, -0.15) is 0 Å². The molecule has 1 atom stereocenters. The molecule has 1 rings (SSSR count). The van der Waals surface area contributed by atoms with Crippen molar-refractivity contribution in [3.05, 3.63) is 24.3 Å². The molecule has 0 amide bonds. The number of hydrogen-bond donors (Lipinski definition) is 2. The summed E-state index contributed by atoms with van der Waals surface area (Å²) in [5.41, 5.74) is 12.0. The highest BCUT2D eigenvalue weighted by Gasteiger charge is 2.08. The predicted molar refractivity (Wildman–Crippen MR) is 63.8 cm³/mol. The third kappa shape index (κ3) is 3.80. The highest BCUT2D eigenvalue weighted by Crippen LogP contribution is 2.23. The standard InChI is InChI=1S/C12H20N2O/c1-2-10(6-5-9-13)15-12-8-4-3-7-11(12)14/h3-4,7-8,10H,2,5-6,9,13-14H2,1H3. The van der Waals surface area contributed by atoms with E-state index in [1.54, 1.807) is 0 Å². The van der Waals surface area contributed by atoms with E-state index in [1.165, 1.54) is 0 Å². The summed E-state index contributed by atoms with van der Waals surface area (Å²) < 4.78 is 5.82. The summed E-state index contributed by atoms with van der Waals surface area (Å²) in [6.07, 6.45) is 3.18. The maximum absolute atomic E-state index is 5.82. The van der Waals surface area contributed by atoms with E-state index in [0.717, 1.165) is 25.0 Å². The second-order valence-corrected chi connectivity index (χ2v) is 3.62. The summed E-state index contributed by atoms with van der Waals surface area (Å²) in [6.45, 7) is 2.82. The number of anilines is 1. The van der Waals surface area contributed by atoms with Gasteiger partial charge >= 0.3 is 0 Å². The van der Waals surface area contributed by atoms with E-state index < -0.39 is 0 Å². The minimum absolute atomic E-state index is 0.221. The zero-order valence-corrected chi connectivity index (χ0v) is 9.28. The van der Waals surface area contributed by atoms with Gasteiger partial charge in [-0.3, -0.25) is 0 Å². The number of benzene rings is 1. The Balaban J connectivity index is 2.54. The summed E-state index contributed by atoms with van der Waals surface area (Å²) in [4.78, 5) is 0. The molecule has 0 bridgehead atoms. The van der Waals surface area contributed by atoms with Crippen LogP contribution in [0.3, 0.4) is 0 Å². The Morgan fingerprint density at radius 1 is 1.33 bits per heavy atom. The van der Waals surface area contributed by atoms with Gasteiger partial charge in [-0.15, -0.1) is 0 Å². The Labute approximate surface area is 91.4 Å². The maximum atomic E-state index is 5.82. The minimum Gasteiger partial charge on any atom is -0.488 e. The number of nitrogen functional groups attached to an aromatic ring is 1. The summed E-state index contributed by atoms with van der Waals surface area (Å²) in [5.74, 6) is 0.779. The zero-order valence-electron chi connectivity index (χ0n) is 9.28. The van der Waals surface area contributed by atoms with Crippen molar-refractivity contribution in [2.45, 2.75) is 32.3 Å². The minimum atomic E-state index is 0.221. The SMILES string of the molecule is CCC(CCCN)Oc1ccccc1N. The lowest BCUT2D eigenvalue weighted by molar-refractivity contribution is 0.186. The molecule has 0 aliphatic carbocycles. The van der Waals surface area contributed by atoms with Gasteiger partial charge in [-0.1, -0.05) is 19.1 Å². The molecule has 0 saturated heterocycles. The van der Waals surface area contributed by atoms with Gasteiger partial charge in [-0.25, -0.2) is 0 Å². The van der Waals surface area contributed by atoms with Gasteiger partial charge < -0.3 is 16.2 Å². The largest absolute Gasteiger partial charge is 0.488 e. The van der Waals surface area contributed by atoms with Crippen LogP contribution in [0.1, 0.15) is 26.2 Å². The van der Waals surface area contributed by atoms with Crippen LogP contribution in [0.25, 0.3) is 0 Å². The fourth-order valence-electron chi connectivity index (χ4n) is 1.46. The molecule has 0 heterocycles. The molecule has 0 radical (unpaired) electrons. The van der Waals surface area contributed by atoms with Gasteiger partial charge in [-0.05, 0) is 37.9 Å². The van der Waals surface area contributed by atoms with Crippen LogP contribution in [0.4, 0.5) is 5.69 Å². The first kappa shape index (κ1) is 11.9. The molecule has 1 aromatic carbocycles. The second-order valence-electron chi connectivity index (χ2n) is 3.62. The monoisotopic (exact) mass is 208 g/mol. The van der Waals surface area contributed by atoms with E-state index in [9.17, 15) is 0 Å². The van der Waals surface area contributed by atoms with E-state index >= 15 is 0 Å². The summed E-state index contributed by atoms with van der Waals surface area (Å²) >= 11 is 0. The normalized spacial score (nSPS) is 12.4. The molecule has 0 aliphatic heterocycles. The molecule has 0 aromatic heterocycles. The maximum Gasteiger partial charge on any atom is 0.142 e. The summed E-state index contributed by atoms with van der Waals surface area (Å²) in [6, 6.07) is 7.59. The van der Waals surface area contributed by atoms with E-state index in [2.05, 4.69) is 6.92 Å². The van der Waals surface area contributed by atoms with E-state index in [-0.39, 0.29) is 6.10 Å². The third-order valence-corrected chi connectivity index (χ3v) is 2.40. The Bertz CT molecular complexity index is 289. The van der Waals surface area contributed by atoms with Crippen molar-refractivity contribution in [3.63, 3.8) is 0 Å². The summed E-state index contributed by atoms with van der Waals surface area (Å²) in [7, 11) is 0. The number of hydrogen-bond acceptors (Lipinski definition) is 3. The number of nitrogens with two attached hydrogens (primary N) is 2. The number of ether oxygens (including phenoxy) is 1. The molecule has 0 spiro atoms. The molecule has 4 N–H and O–H groups in total. The van der Waals surface area contributed by atoms with E-state index in [1.807, 2.05) is 24.3 Å². The van der Waals surface area contributed by atoms with Crippen LogP contribution in [0.5, 0.6) is 5.75 Å². The quantitative estimate of drug-likeness (QED) is 0.704. The highest BCUT2D eigenvalue weighted by atomic mass is 16.5. The van der Waals surface area contributed by atoms with Gasteiger partial charge in [0.25, 0.3) is 0 Å². The van der Waals surface area contributed by atoms with Crippen molar-refractivity contribution < 1.29 is 4.74 Å². The Morgan fingerprint density at radius 3 is 2.67 bits per heavy atom. The fraction of sp³-hybridized carbons (Fsp3) is 0.500. The zero-order chi connectivity index (χ0) is 11.1.